The smallest absolute Gasteiger partial charge is 0.164 e. The molecule has 3 aromatic heterocycles. The summed E-state index contributed by atoms with van der Waals surface area (Å²) in [5, 5.41) is 4.79. The molecule has 0 radical (unpaired) electrons. The molecule has 0 aliphatic rings. The largest absolute Gasteiger partial charge is 0.255 e. The van der Waals surface area contributed by atoms with Gasteiger partial charge in [0.2, 0.25) is 0 Å². The lowest BCUT2D eigenvalue weighted by Crippen LogP contribution is -2.00. The Labute approximate surface area is 289 Å². The number of nitrogens with zero attached hydrogens (tertiary/aromatic N) is 5. The summed E-state index contributed by atoms with van der Waals surface area (Å²) in [6, 6.07) is 58.1. The Kier molecular flexibility index (Phi) is 7.41. The molecular formula is C45H29N5. The molecule has 0 aliphatic carbocycles. The Morgan fingerprint density at radius 2 is 0.840 bits per heavy atom. The zero-order chi connectivity index (χ0) is 33.3. The van der Waals surface area contributed by atoms with Crippen molar-refractivity contribution in [3.63, 3.8) is 0 Å². The first kappa shape index (κ1) is 29.3. The van der Waals surface area contributed by atoms with Crippen molar-refractivity contribution < 1.29 is 0 Å². The third-order valence-electron chi connectivity index (χ3n) is 8.94. The molecule has 0 saturated carbocycles. The van der Waals surface area contributed by atoms with Gasteiger partial charge in [0.05, 0.1) is 17.1 Å². The Morgan fingerprint density at radius 3 is 1.54 bits per heavy atom. The summed E-state index contributed by atoms with van der Waals surface area (Å²) in [5.74, 6) is 1.83. The molecule has 5 nitrogen and oxygen atoms in total. The molecule has 6 aromatic carbocycles. The summed E-state index contributed by atoms with van der Waals surface area (Å²) in [7, 11) is 0. The molecule has 0 amide bonds. The van der Waals surface area contributed by atoms with Crippen LogP contribution in [-0.2, 0) is 0 Å². The van der Waals surface area contributed by atoms with Gasteiger partial charge in [-0.15, -0.1) is 0 Å². The van der Waals surface area contributed by atoms with Gasteiger partial charge in [0, 0.05) is 28.5 Å². The summed E-state index contributed by atoms with van der Waals surface area (Å²) >= 11 is 0. The van der Waals surface area contributed by atoms with Gasteiger partial charge in [0.1, 0.15) is 0 Å². The highest BCUT2D eigenvalue weighted by molar-refractivity contribution is 6.14. The highest BCUT2D eigenvalue weighted by atomic mass is 15.0. The van der Waals surface area contributed by atoms with Crippen LogP contribution in [0.15, 0.2) is 176 Å². The number of aromatic nitrogens is 5. The second-order valence-corrected chi connectivity index (χ2v) is 12.2. The zero-order valence-corrected chi connectivity index (χ0v) is 27.0. The van der Waals surface area contributed by atoms with Crippen molar-refractivity contribution in [2.45, 2.75) is 0 Å². The van der Waals surface area contributed by atoms with Crippen LogP contribution in [0.4, 0.5) is 0 Å². The molecule has 0 aliphatic heterocycles. The maximum Gasteiger partial charge on any atom is 0.164 e. The van der Waals surface area contributed by atoms with Crippen LogP contribution in [0.2, 0.25) is 0 Å². The number of fused-ring (bicyclic) bond motifs is 3. The van der Waals surface area contributed by atoms with Crippen molar-refractivity contribution >= 4 is 21.5 Å². The van der Waals surface area contributed by atoms with Crippen LogP contribution in [-0.4, -0.2) is 24.9 Å². The van der Waals surface area contributed by atoms with E-state index < -0.39 is 0 Å². The van der Waals surface area contributed by atoms with Crippen LogP contribution in [0.5, 0.6) is 0 Å². The molecule has 0 bridgehead atoms. The summed E-state index contributed by atoms with van der Waals surface area (Å²) in [5.41, 5.74) is 8.32. The first-order chi connectivity index (χ1) is 24.8. The molecule has 0 atom stereocenters. The Morgan fingerprint density at radius 1 is 0.300 bits per heavy atom. The Hall–Kier alpha value is -6.85. The third kappa shape index (κ3) is 5.57. The van der Waals surface area contributed by atoms with E-state index in [1.807, 2.05) is 97.1 Å². The van der Waals surface area contributed by atoms with Gasteiger partial charge in [0.25, 0.3) is 0 Å². The van der Waals surface area contributed by atoms with Gasteiger partial charge in [-0.05, 0) is 81.2 Å². The highest BCUT2D eigenvalue weighted by Crippen LogP contribution is 2.39. The lowest BCUT2D eigenvalue weighted by Gasteiger charge is -2.15. The van der Waals surface area contributed by atoms with E-state index in [1.54, 1.807) is 6.20 Å². The normalized spacial score (nSPS) is 11.2. The van der Waals surface area contributed by atoms with Crippen LogP contribution < -0.4 is 0 Å². The SMILES string of the molecule is c1ccc(-c2nc(-c3ccccc3)nc(-c3cc(-c4cccc(-c5ccccn5)n4)cc(-c4cc5ccccc5c5ccccc45)c3)n2)cc1. The number of hydrogen-bond acceptors (Lipinski definition) is 5. The predicted octanol–water partition coefficient (Wildman–Crippen LogP) is 11.0. The minimum atomic E-state index is 0.590. The van der Waals surface area contributed by atoms with Gasteiger partial charge in [-0.3, -0.25) is 4.98 Å². The highest BCUT2D eigenvalue weighted by Gasteiger charge is 2.17. The van der Waals surface area contributed by atoms with Crippen molar-refractivity contribution in [3.05, 3.63) is 176 Å². The molecule has 234 valence electrons. The number of benzene rings is 6. The number of hydrogen-bond donors (Lipinski definition) is 0. The van der Waals surface area contributed by atoms with Gasteiger partial charge in [-0.1, -0.05) is 121 Å². The number of rotatable bonds is 6. The third-order valence-corrected chi connectivity index (χ3v) is 8.94. The first-order valence-electron chi connectivity index (χ1n) is 16.6. The second kappa shape index (κ2) is 12.6. The minimum Gasteiger partial charge on any atom is -0.255 e. The summed E-state index contributed by atoms with van der Waals surface area (Å²) < 4.78 is 0. The molecule has 0 spiro atoms. The van der Waals surface area contributed by atoms with E-state index in [4.69, 9.17) is 19.9 Å². The van der Waals surface area contributed by atoms with E-state index in [0.29, 0.717) is 17.5 Å². The summed E-state index contributed by atoms with van der Waals surface area (Å²) in [6.45, 7) is 0. The molecule has 0 N–H and O–H groups in total. The molecule has 0 saturated heterocycles. The number of pyridine rings is 2. The fraction of sp³-hybridized carbons (Fsp3) is 0. The summed E-state index contributed by atoms with van der Waals surface area (Å²) in [6.07, 6.45) is 1.79. The van der Waals surface area contributed by atoms with Gasteiger partial charge < -0.3 is 0 Å². The van der Waals surface area contributed by atoms with Crippen LogP contribution in [0.3, 0.4) is 0 Å². The van der Waals surface area contributed by atoms with Crippen LogP contribution in [0.25, 0.3) is 89.5 Å². The first-order valence-corrected chi connectivity index (χ1v) is 16.6. The van der Waals surface area contributed by atoms with E-state index in [9.17, 15) is 0 Å². The van der Waals surface area contributed by atoms with Gasteiger partial charge in [-0.25, -0.2) is 19.9 Å². The molecule has 9 rings (SSSR count). The fourth-order valence-corrected chi connectivity index (χ4v) is 6.54. The molecule has 0 fully saturated rings. The standard InChI is InChI=1S/C45H29N5/c1-3-14-30(15-4-1)43-48-44(31-16-5-2-6-17-31)50-45(49-43)35-27-33(39-29-32-18-7-8-19-36(32)37-20-9-10-21-38(37)39)26-34(28-35)40-23-13-24-42(47-40)41-22-11-12-25-46-41/h1-29H. The van der Waals surface area contributed by atoms with Crippen molar-refractivity contribution in [1.82, 2.24) is 24.9 Å². The summed E-state index contributed by atoms with van der Waals surface area (Å²) in [4.78, 5) is 24.8. The van der Waals surface area contributed by atoms with E-state index in [1.165, 1.54) is 21.5 Å². The van der Waals surface area contributed by atoms with E-state index in [0.717, 1.165) is 50.5 Å². The molecule has 9 aromatic rings. The average Bonchev–Trinajstić information content (AvgIpc) is 3.21. The van der Waals surface area contributed by atoms with Crippen molar-refractivity contribution in [2.75, 3.05) is 0 Å². The molecule has 3 heterocycles. The Balaban J connectivity index is 1.31. The lowest BCUT2D eigenvalue weighted by molar-refractivity contribution is 1.07. The van der Waals surface area contributed by atoms with Crippen LogP contribution >= 0.6 is 0 Å². The maximum absolute atomic E-state index is 5.11. The fourth-order valence-electron chi connectivity index (χ4n) is 6.54. The van der Waals surface area contributed by atoms with Crippen molar-refractivity contribution in [1.29, 1.82) is 0 Å². The van der Waals surface area contributed by atoms with E-state index >= 15 is 0 Å². The Bertz CT molecular complexity index is 2580. The average molecular weight is 640 g/mol. The molecule has 5 heteroatoms. The van der Waals surface area contributed by atoms with Crippen LogP contribution in [0, 0.1) is 0 Å². The van der Waals surface area contributed by atoms with Crippen LogP contribution in [0.1, 0.15) is 0 Å². The lowest BCUT2D eigenvalue weighted by atomic mass is 9.91. The minimum absolute atomic E-state index is 0.590. The monoisotopic (exact) mass is 639 g/mol. The second-order valence-electron chi connectivity index (χ2n) is 12.2. The van der Waals surface area contributed by atoms with Gasteiger partial charge >= 0.3 is 0 Å². The topological polar surface area (TPSA) is 64.5 Å². The molecule has 50 heavy (non-hydrogen) atoms. The quantitative estimate of drug-likeness (QED) is 0.169. The van der Waals surface area contributed by atoms with Gasteiger partial charge in [-0.2, -0.15) is 0 Å². The predicted molar refractivity (Wildman–Crippen MR) is 203 cm³/mol. The van der Waals surface area contributed by atoms with Crippen molar-refractivity contribution in [3.8, 4) is 67.9 Å². The van der Waals surface area contributed by atoms with E-state index in [2.05, 4.69) is 77.8 Å². The molecular weight excluding hydrogens is 611 g/mol. The van der Waals surface area contributed by atoms with Crippen molar-refractivity contribution in [2.24, 2.45) is 0 Å². The zero-order valence-electron chi connectivity index (χ0n) is 27.0. The maximum atomic E-state index is 5.11. The molecule has 0 unspecified atom stereocenters. The van der Waals surface area contributed by atoms with Gasteiger partial charge in [0.15, 0.2) is 17.5 Å². The van der Waals surface area contributed by atoms with E-state index in [-0.39, 0.29) is 0 Å².